The van der Waals surface area contributed by atoms with E-state index in [1.807, 2.05) is 0 Å². The van der Waals surface area contributed by atoms with Crippen molar-refractivity contribution in [2.45, 2.75) is 77.0 Å². The Balaban J connectivity index is 0.000000108. The Kier molecular flexibility index (Phi) is 9.58. The van der Waals surface area contributed by atoms with Crippen LogP contribution < -0.4 is 0 Å². The third kappa shape index (κ3) is 8.44. The normalized spacial score (nSPS) is 30.1. The highest BCUT2D eigenvalue weighted by molar-refractivity contribution is 5.27. The van der Waals surface area contributed by atoms with Gasteiger partial charge in [-0.25, -0.2) is 0 Å². The van der Waals surface area contributed by atoms with E-state index in [0.29, 0.717) is 0 Å². The molecule has 4 fully saturated rings. The standard InChI is InChI=1S/4C10H12/c4*1-8-7-10(8)9-5-3-2-4-6-9/h4*2-6,8,10H,7H2,1H3/t2*8-,10+;2*8-,10-/m1010/s1. The molecule has 0 aliphatic heterocycles. The fraction of sp³-hybridized carbons (Fsp3) is 0.400. The highest BCUT2D eigenvalue weighted by Crippen LogP contribution is 2.48. The van der Waals surface area contributed by atoms with Crippen LogP contribution in [-0.4, -0.2) is 0 Å². The van der Waals surface area contributed by atoms with Gasteiger partial charge in [-0.1, -0.05) is 149 Å². The summed E-state index contributed by atoms with van der Waals surface area (Å²) in [4.78, 5) is 0. The second-order valence-corrected chi connectivity index (χ2v) is 12.9. The molecule has 0 bridgehead atoms. The summed E-state index contributed by atoms with van der Waals surface area (Å²) in [5.74, 6) is 7.24. The zero-order valence-corrected chi connectivity index (χ0v) is 25.0. The number of hydrogen-bond donors (Lipinski definition) is 0. The molecule has 0 N–H and O–H groups in total. The molecule has 0 unspecified atom stereocenters. The Morgan fingerprint density at radius 3 is 0.575 bits per heavy atom. The molecule has 208 valence electrons. The van der Waals surface area contributed by atoms with Crippen LogP contribution in [0.2, 0.25) is 0 Å². The summed E-state index contributed by atoms with van der Waals surface area (Å²) in [7, 11) is 0. The lowest BCUT2D eigenvalue weighted by Crippen LogP contribution is -1.77. The van der Waals surface area contributed by atoms with Gasteiger partial charge in [0, 0.05) is 0 Å². The van der Waals surface area contributed by atoms with Crippen LogP contribution >= 0.6 is 0 Å². The molecule has 0 radical (unpaired) electrons. The lowest BCUT2D eigenvalue weighted by molar-refractivity contribution is 0.915. The molecule has 4 saturated carbocycles. The number of benzene rings is 4. The minimum absolute atomic E-state index is 0.876. The van der Waals surface area contributed by atoms with Crippen LogP contribution in [0, 0.1) is 23.7 Å². The van der Waals surface area contributed by atoms with E-state index in [9.17, 15) is 0 Å². The summed E-state index contributed by atoms with van der Waals surface area (Å²) in [6.07, 6.45) is 5.57. The molecule has 0 spiro atoms. The molecule has 0 nitrogen and oxygen atoms in total. The van der Waals surface area contributed by atoms with E-state index in [2.05, 4.69) is 149 Å². The fourth-order valence-electron chi connectivity index (χ4n) is 5.95. The zero-order valence-electron chi connectivity index (χ0n) is 25.0. The van der Waals surface area contributed by atoms with Crippen LogP contribution in [-0.2, 0) is 0 Å². The molecule has 0 amide bonds. The first-order chi connectivity index (χ1) is 19.5. The van der Waals surface area contributed by atoms with Crippen LogP contribution in [0.3, 0.4) is 0 Å². The molecule has 4 aliphatic carbocycles. The van der Waals surface area contributed by atoms with Crippen molar-refractivity contribution in [3.05, 3.63) is 144 Å². The van der Waals surface area contributed by atoms with Gasteiger partial charge in [0.1, 0.15) is 0 Å². The average molecular weight is 529 g/mol. The minimum atomic E-state index is 0.876. The summed E-state index contributed by atoms with van der Waals surface area (Å²) in [6, 6.07) is 43.2. The third-order valence-corrected chi connectivity index (χ3v) is 9.35. The van der Waals surface area contributed by atoms with Crippen molar-refractivity contribution in [1.29, 1.82) is 0 Å². The maximum Gasteiger partial charge on any atom is -0.0133 e. The molecule has 0 saturated heterocycles. The molecular formula is C40H48. The molecule has 0 heteroatoms. The quantitative estimate of drug-likeness (QED) is 0.247. The van der Waals surface area contributed by atoms with Crippen LogP contribution in [0.15, 0.2) is 121 Å². The second-order valence-electron chi connectivity index (χ2n) is 12.9. The molecule has 4 aromatic carbocycles. The molecule has 8 rings (SSSR count). The highest BCUT2D eigenvalue weighted by Gasteiger charge is 2.35. The molecule has 40 heavy (non-hydrogen) atoms. The monoisotopic (exact) mass is 528 g/mol. The Morgan fingerprint density at radius 1 is 0.300 bits per heavy atom. The van der Waals surface area contributed by atoms with Crippen LogP contribution in [0.1, 0.15) is 99.3 Å². The second kappa shape index (κ2) is 13.5. The van der Waals surface area contributed by atoms with Gasteiger partial charge in [0.05, 0.1) is 0 Å². The SMILES string of the molecule is C[C@@H]1C[C@@H]1c1ccccc1.C[C@@H]1C[C@H]1c1ccccc1.C[C@H]1C[C@@H]1c1ccccc1.C[C@H]1C[C@H]1c1ccccc1. The van der Waals surface area contributed by atoms with E-state index < -0.39 is 0 Å². The number of hydrogen-bond acceptors (Lipinski definition) is 0. The summed E-state index contributed by atoms with van der Waals surface area (Å²) in [5, 5.41) is 0. The van der Waals surface area contributed by atoms with Gasteiger partial charge in [0.15, 0.2) is 0 Å². The number of rotatable bonds is 4. The van der Waals surface area contributed by atoms with Gasteiger partial charge >= 0.3 is 0 Å². The lowest BCUT2D eigenvalue weighted by Gasteiger charge is -1.94. The Bertz CT molecular complexity index is 1060. The van der Waals surface area contributed by atoms with Crippen LogP contribution in [0.4, 0.5) is 0 Å². The van der Waals surface area contributed by atoms with Gasteiger partial charge in [-0.3, -0.25) is 0 Å². The molecule has 8 atom stereocenters. The van der Waals surface area contributed by atoms with Gasteiger partial charge in [0.2, 0.25) is 0 Å². The van der Waals surface area contributed by atoms with E-state index in [0.717, 1.165) is 47.3 Å². The molecule has 0 aromatic heterocycles. The van der Waals surface area contributed by atoms with Crippen LogP contribution in [0.25, 0.3) is 0 Å². The fourth-order valence-corrected chi connectivity index (χ4v) is 5.95. The van der Waals surface area contributed by atoms with Gasteiger partial charge in [-0.2, -0.15) is 0 Å². The van der Waals surface area contributed by atoms with Gasteiger partial charge in [-0.15, -0.1) is 0 Å². The molecule has 0 heterocycles. The van der Waals surface area contributed by atoms with Gasteiger partial charge in [-0.05, 0) is 95.3 Å². The van der Waals surface area contributed by atoms with Crippen molar-refractivity contribution in [1.82, 2.24) is 0 Å². The summed E-state index contributed by atoms with van der Waals surface area (Å²) in [6.45, 7) is 9.27. The molecule has 4 aliphatic rings. The van der Waals surface area contributed by atoms with Gasteiger partial charge < -0.3 is 0 Å². The van der Waals surface area contributed by atoms with Crippen molar-refractivity contribution < 1.29 is 0 Å². The maximum absolute atomic E-state index is 2.32. The molecule has 4 aromatic rings. The first kappa shape index (κ1) is 28.4. The largest absolute Gasteiger partial charge is 0.0622 e. The average Bonchev–Trinajstić information content (AvgIpc) is 3.83. The predicted molar refractivity (Wildman–Crippen MR) is 172 cm³/mol. The van der Waals surface area contributed by atoms with E-state index in [-0.39, 0.29) is 0 Å². The maximum atomic E-state index is 2.32. The zero-order chi connectivity index (χ0) is 27.9. The summed E-state index contributed by atoms with van der Waals surface area (Å²) >= 11 is 0. The molecular weight excluding hydrogens is 480 g/mol. The van der Waals surface area contributed by atoms with Crippen molar-refractivity contribution in [2.24, 2.45) is 23.7 Å². The van der Waals surface area contributed by atoms with Gasteiger partial charge in [0.25, 0.3) is 0 Å². The Morgan fingerprint density at radius 2 is 0.450 bits per heavy atom. The van der Waals surface area contributed by atoms with Crippen molar-refractivity contribution in [3.63, 3.8) is 0 Å². The van der Waals surface area contributed by atoms with Crippen LogP contribution in [0.5, 0.6) is 0 Å². The Labute approximate surface area is 243 Å². The smallest absolute Gasteiger partial charge is 0.0133 e. The van der Waals surface area contributed by atoms with E-state index in [1.165, 1.54) is 47.9 Å². The van der Waals surface area contributed by atoms with E-state index >= 15 is 0 Å². The lowest BCUT2D eigenvalue weighted by atomic mass is 10.1. The minimum Gasteiger partial charge on any atom is -0.0622 e. The summed E-state index contributed by atoms with van der Waals surface area (Å²) in [5.41, 5.74) is 6.09. The van der Waals surface area contributed by atoms with Crippen molar-refractivity contribution in [3.8, 4) is 0 Å². The summed E-state index contributed by atoms with van der Waals surface area (Å²) < 4.78 is 0. The van der Waals surface area contributed by atoms with E-state index in [1.54, 1.807) is 0 Å². The topological polar surface area (TPSA) is 0 Å². The first-order valence-corrected chi connectivity index (χ1v) is 15.7. The van der Waals surface area contributed by atoms with E-state index in [4.69, 9.17) is 0 Å². The van der Waals surface area contributed by atoms with Crippen molar-refractivity contribution >= 4 is 0 Å². The third-order valence-electron chi connectivity index (χ3n) is 9.35. The highest BCUT2D eigenvalue weighted by atomic mass is 14.4. The van der Waals surface area contributed by atoms with Crippen molar-refractivity contribution in [2.75, 3.05) is 0 Å². The first-order valence-electron chi connectivity index (χ1n) is 15.7. The predicted octanol–water partition coefficient (Wildman–Crippen LogP) is 11.2. The Hall–Kier alpha value is -3.12.